The van der Waals surface area contributed by atoms with Crippen LogP contribution in [0.4, 0.5) is 11.4 Å². The van der Waals surface area contributed by atoms with E-state index in [2.05, 4.69) is 26.3 Å². The average molecular weight is 724 g/mol. The second-order valence-corrected chi connectivity index (χ2v) is 13.6. The lowest BCUT2D eigenvalue weighted by atomic mass is 10.1. The third-order valence-corrected chi connectivity index (χ3v) is 9.38. The molecule has 13 nitrogen and oxygen atoms in total. The monoisotopic (exact) mass is 723 g/mol. The van der Waals surface area contributed by atoms with E-state index in [0.29, 0.717) is 59.9 Å². The number of aromatic nitrogens is 1. The first-order chi connectivity index (χ1) is 25.2. The molecule has 0 spiro atoms. The van der Waals surface area contributed by atoms with Crippen molar-refractivity contribution in [3.05, 3.63) is 106 Å². The molecule has 270 valence electrons. The zero-order chi connectivity index (χ0) is 36.5. The Labute approximate surface area is 305 Å². The summed E-state index contributed by atoms with van der Waals surface area (Å²) < 4.78 is 5.49. The lowest BCUT2D eigenvalue weighted by molar-refractivity contribution is -0.122. The molecule has 1 aliphatic heterocycles. The number of hydrogen-bond acceptors (Lipinski definition) is 9. The van der Waals surface area contributed by atoms with Gasteiger partial charge in [-0.1, -0.05) is 18.2 Å². The molecule has 1 unspecified atom stereocenters. The van der Waals surface area contributed by atoms with Crippen molar-refractivity contribution in [3.63, 3.8) is 0 Å². The van der Waals surface area contributed by atoms with E-state index in [-0.39, 0.29) is 42.2 Å². The maximum absolute atomic E-state index is 13.5. The summed E-state index contributed by atoms with van der Waals surface area (Å²) in [5.41, 5.74) is 11.7. The number of carbonyl (C=O) groups excluding carboxylic acids is 5. The molecule has 6 rings (SSSR count). The van der Waals surface area contributed by atoms with Crippen LogP contribution >= 0.6 is 11.3 Å². The fraction of sp³-hybridized carbons (Fsp3) is 0.316. The minimum Gasteiger partial charge on any atom is -0.482 e. The van der Waals surface area contributed by atoms with Gasteiger partial charge < -0.3 is 36.6 Å². The Bertz CT molecular complexity index is 1910. The Morgan fingerprint density at radius 2 is 1.69 bits per heavy atom. The summed E-state index contributed by atoms with van der Waals surface area (Å²) >= 11 is 1.47. The van der Waals surface area contributed by atoms with Gasteiger partial charge in [0.1, 0.15) is 5.75 Å². The van der Waals surface area contributed by atoms with Crippen LogP contribution in [0.1, 0.15) is 74.4 Å². The van der Waals surface area contributed by atoms with Crippen molar-refractivity contribution >= 4 is 52.2 Å². The number of anilines is 2. The largest absolute Gasteiger partial charge is 0.482 e. The van der Waals surface area contributed by atoms with Gasteiger partial charge in [0.25, 0.3) is 23.6 Å². The predicted octanol–water partition coefficient (Wildman–Crippen LogP) is 4.12. The molecule has 5 amide bonds. The average Bonchev–Trinajstić information content (AvgIpc) is 3.87. The maximum Gasteiger partial charge on any atom is 0.262 e. The smallest absolute Gasteiger partial charge is 0.262 e. The standard InChI is InChI=1S/C38H41N7O6S/c39-31(19-29-22-52-23-42-29)37(49)41-16-3-1-2-15-40-35(47)26-5-4-6-28(17-26)43-36(48)25-9-7-24(8-10-25)20-45(30-12-13-30)38(50)27-11-14-32-33(18-27)51-21-34(46)44-32/h4-11,14,17-18,22-23,30-31H,1-3,12-13,15-16,19-21,39H2,(H,40,47)(H,41,49)(H,43,48)(H,44,46). The summed E-state index contributed by atoms with van der Waals surface area (Å²) in [7, 11) is 0. The number of nitrogens with one attached hydrogen (secondary N) is 4. The third-order valence-electron chi connectivity index (χ3n) is 8.75. The number of nitrogens with two attached hydrogens (primary N) is 1. The van der Waals surface area contributed by atoms with Crippen LogP contribution in [-0.4, -0.2) is 71.2 Å². The summed E-state index contributed by atoms with van der Waals surface area (Å²) in [4.78, 5) is 69.1. The first kappa shape index (κ1) is 36.2. The number of rotatable bonds is 16. The number of amides is 5. The Morgan fingerprint density at radius 1 is 0.923 bits per heavy atom. The van der Waals surface area contributed by atoms with Crippen molar-refractivity contribution in [1.82, 2.24) is 20.5 Å². The highest BCUT2D eigenvalue weighted by atomic mass is 32.1. The van der Waals surface area contributed by atoms with Crippen molar-refractivity contribution < 1.29 is 28.7 Å². The minimum atomic E-state index is -0.632. The normalized spacial score (nSPS) is 13.9. The summed E-state index contributed by atoms with van der Waals surface area (Å²) in [6.07, 6.45) is 4.58. The van der Waals surface area contributed by atoms with Crippen LogP contribution < -0.4 is 31.7 Å². The molecular formula is C38H41N7O6S. The van der Waals surface area contributed by atoms with Crippen LogP contribution in [-0.2, 0) is 22.6 Å². The molecule has 0 radical (unpaired) electrons. The van der Waals surface area contributed by atoms with E-state index in [0.717, 1.165) is 43.4 Å². The van der Waals surface area contributed by atoms with E-state index in [4.69, 9.17) is 10.5 Å². The number of ether oxygens (including phenoxy) is 1. The summed E-state index contributed by atoms with van der Waals surface area (Å²) in [6, 6.07) is 18.4. The molecular weight excluding hydrogens is 683 g/mol. The van der Waals surface area contributed by atoms with Gasteiger partial charge in [-0.3, -0.25) is 24.0 Å². The summed E-state index contributed by atoms with van der Waals surface area (Å²) in [6.45, 7) is 1.28. The Morgan fingerprint density at radius 3 is 2.44 bits per heavy atom. The second kappa shape index (κ2) is 17.1. The van der Waals surface area contributed by atoms with Gasteiger partial charge in [0.15, 0.2) is 6.61 Å². The molecule has 52 heavy (non-hydrogen) atoms. The van der Waals surface area contributed by atoms with Crippen molar-refractivity contribution in [3.8, 4) is 5.75 Å². The van der Waals surface area contributed by atoms with Crippen LogP contribution in [0.5, 0.6) is 5.75 Å². The van der Waals surface area contributed by atoms with Crippen molar-refractivity contribution in [2.75, 3.05) is 30.3 Å². The van der Waals surface area contributed by atoms with Gasteiger partial charge in [-0.15, -0.1) is 11.3 Å². The van der Waals surface area contributed by atoms with Gasteiger partial charge in [-0.2, -0.15) is 0 Å². The number of carbonyl (C=O) groups is 5. The first-order valence-electron chi connectivity index (χ1n) is 17.3. The Hall–Kier alpha value is -5.60. The van der Waals surface area contributed by atoms with Crippen LogP contribution in [0.3, 0.4) is 0 Å². The predicted molar refractivity (Wildman–Crippen MR) is 197 cm³/mol. The molecule has 1 saturated carbocycles. The highest BCUT2D eigenvalue weighted by Gasteiger charge is 2.33. The zero-order valence-corrected chi connectivity index (χ0v) is 29.4. The van der Waals surface area contributed by atoms with Crippen molar-refractivity contribution in [1.29, 1.82) is 0 Å². The van der Waals surface area contributed by atoms with Gasteiger partial charge in [0.2, 0.25) is 5.91 Å². The number of nitrogens with zero attached hydrogens (tertiary/aromatic N) is 2. The quantitative estimate of drug-likeness (QED) is 0.107. The lowest BCUT2D eigenvalue weighted by Crippen LogP contribution is -2.42. The van der Waals surface area contributed by atoms with E-state index in [9.17, 15) is 24.0 Å². The van der Waals surface area contributed by atoms with Crippen molar-refractivity contribution in [2.45, 2.75) is 57.2 Å². The highest BCUT2D eigenvalue weighted by Crippen LogP contribution is 2.33. The van der Waals surface area contributed by atoms with Gasteiger partial charge >= 0.3 is 0 Å². The highest BCUT2D eigenvalue weighted by molar-refractivity contribution is 7.07. The number of thiazole rings is 1. The molecule has 3 aromatic carbocycles. The van der Waals surface area contributed by atoms with Crippen molar-refractivity contribution in [2.24, 2.45) is 5.73 Å². The van der Waals surface area contributed by atoms with Gasteiger partial charge in [0, 0.05) is 59.9 Å². The topological polar surface area (TPSA) is 185 Å². The van der Waals surface area contributed by atoms with Crippen LogP contribution in [0.15, 0.2) is 77.6 Å². The van der Waals surface area contributed by atoms with Crippen LogP contribution in [0, 0.1) is 0 Å². The van der Waals surface area contributed by atoms with E-state index in [1.54, 1.807) is 60.1 Å². The SMILES string of the molecule is NC(Cc1cscn1)C(=O)NCCCCCNC(=O)c1cccc(NC(=O)c2ccc(CN(C(=O)c3ccc4c(c3)OCC(=O)N4)C3CC3)cc2)c1. The third kappa shape index (κ3) is 9.80. The second-order valence-electron chi connectivity index (χ2n) is 12.8. The Kier molecular flexibility index (Phi) is 11.9. The summed E-state index contributed by atoms with van der Waals surface area (Å²) in [5, 5.41) is 13.2. The molecule has 0 saturated heterocycles. The molecule has 2 aliphatic rings. The molecule has 6 N–H and O–H groups in total. The molecule has 2 heterocycles. The molecule has 1 aliphatic carbocycles. The fourth-order valence-electron chi connectivity index (χ4n) is 5.76. The number of unbranched alkanes of at least 4 members (excludes halogenated alkanes) is 2. The molecule has 1 atom stereocenters. The van der Waals surface area contributed by atoms with E-state index in [1.807, 2.05) is 22.4 Å². The van der Waals surface area contributed by atoms with Crippen LogP contribution in [0.2, 0.25) is 0 Å². The molecule has 1 fully saturated rings. The lowest BCUT2D eigenvalue weighted by Gasteiger charge is -2.24. The first-order valence-corrected chi connectivity index (χ1v) is 18.2. The fourth-order valence-corrected chi connectivity index (χ4v) is 6.33. The number of fused-ring (bicyclic) bond motifs is 1. The molecule has 1 aromatic heterocycles. The molecule has 4 aromatic rings. The minimum absolute atomic E-state index is 0.0874. The van der Waals surface area contributed by atoms with Crippen LogP contribution in [0.25, 0.3) is 0 Å². The van der Waals surface area contributed by atoms with E-state index >= 15 is 0 Å². The molecule has 0 bridgehead atoms. The van der Waals surface area contributed by atoms with Gasteiger partial charge in [-0.25, -0.2) is 4.98 Å². The molecule has 14 heteroatoms. The Balaban J connectivity index is 0.930. The number of benzene rings is 3. The van der Waals surface area contributed by atoms with Gasteiger partial charge in [0.05, 0.1) is 22.9 Å². The maximum atomic E-state index is 13.5. The summed E-state index contributed by atoms with van der Waals surface area (Å²) in [5.74, 6) is -0.652. The van der Waals surface area contributed by atoms with Gasteiger partial charge in [-0.05, 0) is 86.2 Å². The zero-order valence-electron chi connectivity index (χ0n) is 28.6. The van der Waals surface area contributed by atoms with E-state index in [1.165, 1.54) is 11.3 Å². The van der Waals surface area contributed by atoms with E-state index < -0.39 is 6.04 Å². The number of hydrogen-bond donors (Lipinski definition) is 5.